The van der Waals surface area contributed by atoms with E-state index in [-0.39, 0.29) is 5.54 Å². The molecule has 0 aliphatic rings. The molecule has 106 valence electrons. The van der Waals surface area contributed by atoms with Crippen LogP contribution in [0.25, 0.3) is 0 Å². The minimum Gasteiger partial charge on any atom is -0.493 e. The average molecular weight is 263 g/mol. The Morgan fingerprint density at radius 1 is 1.26 bits per heavy atom. The molecule has 1 N–H and O–H groups in total. The van der Waals surface area contributed by atoms with Gasteiger partial charge < -0.3 is 14.8 Å². The lowest BCUT2D eigenvalue weighted by Gasteiger charge is -2.21. The fourth-order valence-electron chi connectivity index (χ4n) is 1.52. The van der Waals surface area contributed by atoms with Gasteiger partial charge in [-0.05, 0) is 51.0 Å². The Morgan fingerprint density at radius 2 is 1.95 bits per heavy atom. The highest BCUT2D eigenvalue weighted by atomic mass is 16.5. The van der Waals surface area contributed by atoms with Crippen LogP contribution >= 0.6 is 0 Å². The zero-order chi connectivity index (χ0) is 14.5. The van der Waals surface area contributed by atoms with E-state index >= 15 is 0 Å². The van der Waals surface area contributed by atoms with E-state index in [0.717, 1.165) is 29.2 Å². The number of nitrogens with one attached hydrogen (secondary N) is 1. The molecule has 0 unspecified atom stereocenters. The summed E-state index contributed by atoms with van der Waals surface area (Å²) in [6.45, 7) is 13.7. The summed E-state index contributed by atoms with van der Waals surface area (Å²) in [4.78, 5) is 0. The van der Waals surface area contributed by atoms with Gasteiger partial charge in [-0.2, -0.15) is 0 Å². The maximum atomic E-state index is 5.75. The highest BCUT2D eigenvalue weighted by Crippen LogP contribution is 2.27. The van der Waals surface area contributed by atoms with Crippen molar-refractivity contribution in [3.05, 3.63) is 35.9 Å². The van der Waals surface area contributed by atoms with Crippen molar-refractivity contribution < 1.29 is 9.47 Å². The Kier molecular flexibility index (Phi) is 5.43. The first kappa shape index (κ1) is 15.6. The molecule has 0 aliphatic carbocycles. The topological polar surface area (TPSA) is 30.5 Å². The number of methoxy groups -OCH3 is 1. The molecule has 1 aromatic rings. The zero-order valence-electron chi connectivity index (χ0n) is 12.7. The van der Waals surface area contributed by atoms with Gasteiger partial charge >= 0.3 is 0 Å². The first-order valence-corrected chi connectivity index (χ1v) is 6.51. The van der Waals surface area contributed by atoms with Crippen LogP contribution in [0.3, 0.4) is 0 Å². The monoisotopic (exact) mass is 263 g/mol. The number of benzene rings is 1. The van der Waals surface area contributed by atoms with Gasteiger partial charge in [0.05, 0.1) is 7.11 Å². The lowest BCUT2D eigenvalue weighted by Crippen LogP contribution is -2.37. The fraction of sp³-hybridized carbons (Fsp3) is 0.500. The second kappa shape index (κ2) is 6.62. The largest absolute Gasteiger partial charge is 0.493 e. The highest BCUT2D eigenvalue weighted by molar-refractivity contribution is 5.42. The van der Waals surface area contributed by atoms with Crippen LogP contribution in [0, 0.1) is 6.92 Å². The van der Waals surface area contributed by atoms with Crippen molar-refractivity contribution in [1.82, 2.24) is 5.32 Å². The predicted octanol–water partition coefficient (Wildman–Crippen LogP) is 3.33. The number of ether oxygens (including phenoxy) is 2. The maximum absolute atomic E-state index is 5.75. The summed E-state index contributed by atoms with van der Waals surface area (Å²) in [5, 5.41) is 3.38. The van der Waals surface area contributed by atoms with Gasteiger partial charge in [0.1, 0.15) is 6.61 Å². The van der Waals surface area contributed by atoms with Crippen molar-refractivity contribution in [2.45, 2.75) is 33.2 Å². The fourth-order valence-corrected chi connectivity index (χ4v) is 1.52. The van der Waals surface area contributed by atoms with Crippen molar-refractivity contribution >= 4 is 0 Å². The van der Waals surface area contributed by atoms with Crippen LogP contribution < -0.4 is 14.8 Å². The van der Waals surface area contributed by atoms with E-state index in [0.29, 0.717) is 6.61 Å². The summed E-state index contributed by atoms with van der Waals surface area (Å²) in [5.74, 6) is 1.52. The highest BCUT2D eigenvalue weighted by Gasteiger charge is 2.10. The summed E-state index contributed by atoms with van der Waals surface area (Å²) in [6.07, 6.45) is 0. The summed E-state index contributed by atoms with van der Waals surface area (Å²) >= 11 is 0. The first-order chi connectivity index (χ1) is 8.81. The molecule has 0 amide bonds. The summed E-state index contributed by atoms with van der Waals surface area (Å²) in [6, 6.07) is 5.90. The van der Waals surface area contributed by atoms with Crippen LogP contribution in [0.15, 0.2) is 30.4 Å². The van der Waals surface area contributed by atoms with Gasteiger partial charge in [-0.1, -0.05) is 12.6 Å². The average Bonchev–Trinajstić information content (AvgIpc) is 2.33. The minimum atomic E-state index is 0.0878. The number of rotatable bonds is 6. The van der Waals surface area contributed by atoms with Crippen LogP contribution in [0.4, 0.5) is 0 Å². The van der Waals surface area contributed by atoms with E-state index in [1.54, 1.807) is 7.11 Å². The Balaban J connectivity index is 2.50. The molecule has 1 aromatic carbocycles. The molecule has 0 radical (unpaired) electrons. The van der Waals surface area contributed by atoms with E-state index in [1.165, 1.54) is 0 Å². The van der Waals surface area contributed by atoms with E-state index in [4.69, 9.17) is 9.47 Å². The van der Waals surface area contributed by atoms with Crippen LogP contribution in [-0.2, 0) is 0 Å². The third-order valence-electron chi connectivity index (χ3n) is 2.62. The SMILES string of the molecule is C=C(CNC(C)(C)C)COc1ccc(C)cc1OC. The Labute approximate surface area is 116 Å². The van der Waals surface area contributed by atoms with Gasteiger partial charge in [-0.3, -0.25) is 0 Å². The molecule has 19 heavy (non-hydrogen) atoms. The Morgan fingerprint density at radius 3 is 2.53 bits per heavy atom. The van der Waals surface area contributed by atoms with Crippen LogP contribution in [-0.4, -0.2) is 25.8 Å². The second-order valence-corrected chi connectivity index (χ2v) is 5.80. The van der Waals surface area contributed by atoms with E-state index in [1.807, 2.05) is 25.1 Å². The molecule has 0 saturated carbocycles. The van der Waals surface area contributed by atoms with Gasteiger partial charge in [-0.15, -0.1) is 0 Å². The molecule has 0 aliphatic heterocycles. The normalized spacial score (nSPS) is 11.2. The van der Waals surface area contributed by atoms with Crippen LogP contribution in [0.2, 0.25) is 0 Å². The van der Waals surface area contributed by atoms with E-state index in [9.17, 15) is 0 Å². The molecule has 0 atom stereocenters. The predicted molar refractivity (Wildman–Crippen MR) is 80.1 cm³/mol. The van der Waals surface area contributed by atoms with Crippen molar-refractivity contribution in [1.29, 1.82) is 0 Å². The lowest BCUT2D eigenvalue weighted by atomic mass is 10.1. The Bertz CT molecular complexity index is 433. The standard InChI is InChI=1S/C16H25NO2/c1-12-7-8-14(15(9-12)18-6)19-11-13(2)10-17-16(3,4)5/h7-9,17H,2,10-11H2,1,3-6H3. The van der Waals surface area contributed by atoms with E-state index in [2.05, 4.69) is 32.7 Å². The van der Waals surface area contributed by atoms with Crippen molar-refractivity contribution in [2.24, 2.45) is 0 Å². The quantitative estimate of drug-likeness (QED) is 0.799. The van der Waals surface area contributed by atoms with Gasteiger partial charge in [0.2, 0.25) is 0 Å². The third kappa shape index (κ3) is 5.79. The third-order valence-corrected chi connectivity index (χ3v) is 2.62. The summed E-state index contributed by atoms with van der Waals surface area (Å²) < 4.78 is 11.0. The van der Waals surface area contributed by atoms with Crippen molar-refractivity contribution in [3.63, 3.8) is 0 Å². The molecule has 0 fully saturated rings. The molecule has 0 bridgehead atoms. The Hall–Kier alpha value is -1.48. The molecular formula is C16H25NO2. The second-order valence-electron chi connectivity index (χ2n) is 5.80. The smallest absolute Gasteiger partial charge is 0.161 e. The van der Waals surface area contributed by atoms with Gasteiger partial charge in [0.25, 0.3) is 0 Å². The first-order valence-electron chi connectivity index (χ1n) is 6.51. The van der Waals surface area contributed by atoms with Crippen LogP contribution in [0.1, 0.15) is 26.3 Å². The summed E-state index contributed by atoms with van der Waals surface area (Å²) in [7, 11) is 1.65. The number of hydrogen-bond donors (Lipinski definition) is 1. The van der Waals surface area contributed by atoms with Gasteiger partial charge in [0, 0.05) is 12.1 Å². The number of hydrogen-bond acceptors (Lipinski definition) is 3. The summed E-state index contributed by atoms with van der Waals surface area (Å²) in [5.41, 5.74) is 2.25. The molecule has 3 heteroatoms. The van der Waals surface area contributed by atoms with E-state index < -0.39 is 0 Å². The molecule has 3 nitrogen and oxygen atoms in total. The maximum Gasteiger partial charge on any atom is 0.161 e. The van der Waals surface area contributed by atoms with Crippen molar-refractivity contribution in [3.8, 4) is 11.5 Å². The molecule has 1 rings (SSSR count). The van der Waals surface area contributed by atoms with Gasteiger partial charge in [-0.25, -0.2) is 0 Å². The molecule has 0 saturated heterocycles. The van der Waals surface area contributed by atoms with Gasteiger partial charge in [0.15, 0.2) is 11.5 Å². The number of aryl methyl sites for hydroxylation is 1. The minimum absolute atomic E-state index is 0.0878. The molecule has 0 spiro atoms. The molecule has 0 aromatic heterocycles. The lowest BCUT2D eigenvalue weighted by molar-refractivity contribution is 0.313. The van der Waals surface area contributed by atoms with Crippen molar-refractivity contribution in [2.75, 3.05) is 20.3 Å². The zero-order valence-corrected chi connectivity index (χ0v) is 12.7. The molecule has 0 heterocycles. The molecular weight excluding hydrogens is 238 g/mol. The van der Waals surface area contributed by atoms with Crippen LogP contribution in [0.5, 0.6) is 11.5 Å².